The van der Waals surface area contributed by atoms with Gasteiger partial charge in [-0.05, 0) is 33.7 Å². The Labute approximate surface area is 79.7 Å². The standard InChI is InChI=1S/C10H18N2O/c1-7(2)13-11-9-6-8-4-5-10(9)12(8)3/h7-8,10H,4-6H2,1-3H3/b11-9-. The predicted octanol–water partition coefficient (Wildman–Crippen LogP) is 1.63. The van der Waals surface area contributed by atoms with Crippen LogP contribution in [-0.4, -0.2) is 35.8 Å². The lowest BCUT2D eigenvalue weighted by Gasteiger charge is -2.13. The second-order valence-corrected chi connectivity index (χ2v) is 4.35. The van der Waals surface area contributed by atoms with E-state index >= 15 is 0 Å². The molecule has 0 radical (unpaired) electrons. The minimum absolute atomic E-state index is 0.205. The maximum Gasteiger partial charge on any atom is 0.122 e. The normalized spacial score (nSPS) is 36.5. The van der Waals surface area contributed by atoms with Gasteiger partial charge in [0.15, 0.2) is 0 Å². The number of rotatable bonds is 2. The topological polar surface area (TPSA) is 24.8 Å². The molecule has 0 saturated carbocycles. The van der Waals surface area contributed by atoms with Crippen LogP contribution in [0.4, 0.5) is 0 Å². The van der Waals surface area contributed by atoms with E-state index in [-0.39, 0.29) is 6.10 Å². The third-order valence-electron chi connectivity index (χ3n) is 3.05. The molecule has 2 rings (SSSR count). The molecule has 0 N–H and O–H groups in total. The summed E-state index contributed by atoms with van der Waals surface area (Å²) in [6, 6.07) is 1.31. The van der Waals surface area contributed by atoms with Crippen molar-refractivity contribution in [2.24, 2.45) is 5.16 Å². The number of hydrogen-bond acceptors (Lipinski definition) is 3. The van der Waals surface area contributed by atoms with Gasteiger partial charge in [0.25, 0.3) is 0 Å². The molecule has 3 heteroatoms. The summed E-state index contributed by atoms with van der Waals surface area (Å²) >= 11 is 0. The smallest absolute Gasteiger partial charge is 0.122 e. The molecule has 0 spiro atoms. The van der Waals surface area contributed by atoms with Crippen LogP contribution in [0, 0.1) is 0 Å². The Morgan fingerprint density at radius 3 is 2.69 bits per heavy atom. The monoisotopic (exact) mass is 182 g/mol. The van der Waals surface area contributed by atoms with Crippen molar-refractivity contribution >= 4 is 5.71 Å². The van der Waals surface area contributed by atoms with Crippen molar-refractivity contribution in [1.82, 2.24) is 4.90 Å². The highest BCUT2D eigenvalue weighted by Gasteiger charge is 2.41. The van der Waals surface area contributed by atoms with Crippen LogP contribution >= 0.6 is 0 Å². The number of fused-ring (bicyclic) bond motifs is 2. The molecule has 2 aliphatic heterocycles. The fraction of sp³-hybridized carbons (Fsp3) is 0.900. The van der Waals surface area contributed by atoms with Gasteiger partial charge >= 0.3 is 0 Å². The molecular formula is C10H18N2O. The molecule has 0 aromatic carbocycles. The zero-order chi connectivity index (χ0) is 9.42. The summed E-state index contributed by atoms with van der Waals surface area (Å²) in [6.45, 7) is 4.03. The zero-order valence-corrected chi connectivity index (χ0v) is 8.66. The molecule has 2 heterocycles. The Hall–Kier alpha value is -0.570. The average Bonchev–Trinajstić information content (AvgIpc) is 2.58. The van der Waals surface area contributed by atoms with E-state index in [1.54, 1.807) is 0 Å². The molecule has 74 valence electrons. The lowest BCUT2D eigenvalue weighted by molar-refractivity contribution is 0.0845. The van der Waals surface area contributed by atoms with Gasteiger partial charge in [-0.1, -0.05) is 5.16 Å². The van der Waals surface area contributed by atoms with Crippen LogP contribution in [0.3, 0.4) is 0 Å². The van der Waals surface area contributed by atoms with Gasteiger partial charge in [-0.15, -0.1) is 0 Å². The van der Waals surface area contributed by atoms with E-state index in [2.05, 4.69) is 17.1 Å². The van der Waals surface area contributed by atoms with Gasteiger partial charge in [0.2, 0.25) is 0 Å². The fourth-order valence-electron chi connectivity index (χ4n) is 2.31. The molecule has 0 amide bonds. The molecule has 2 fully saturated rings. The lowest BCUT2D eigenvalue weighted by atomic mass is 9.99. The Morgan fingerprint density at radius 1 is 1.46 bits per heavy atom. The first-order valence-electron chi connectivity index (χ1n) is 5.13. The van der Waals surface area contributed by atoms with E-state index < -0.39 is 0 Å². The minimum Gasteiger partial charge on any atom is -0.393 e. The third kappa shape index (κ3) is 1.57. The maximum absolute atomic E-state index is 5.29. The zero-order valence-electron chi connectivity index (χ0n) is 8.66. The summed E-state index contributed by atoms with van der Waals surface area (Å²) in [5.41, 5.74) is 1.26. The quantitative estimate of drug-likeness (QED) is 0.606. The van der Waals surface area contributed by atoms with E-state index in [4.69, 9.17) is 4.84 Å². The van der Waals surface area contributed by atoms with Crippen LogP contribution in [0.25, 0.3) is 0 Å². The van der Waals surface area contributed by atoms with Crippen LogP contribution in [-0.2, 0) is 4.84 Å². The van der Waals surface area contributed by atoms with Crippen molar-refractivity contribution in [2.45, 2.75) is 51.3 Å². The van der Waals surface area contributed by atoms with Crippen molar-refractivity contribution in [3.8, 4) is 0 Å². The highest BCUT2D eigenvalue weighted by Crippen LogP contribution is 2.34. The molecule has 2 saturated heterocycles. The summed E-state index contributed by atoms with van der Waals surface area (Å²) in [6.07, 6.45) is 3.92. The lowest BCUT2D eigenvalue weighted by Crippen LogP contribution is -2.26. The molecule has 2 aliphatic rings. The summed E-state index contributed by atoms with van der Waals surface area (Å²) in [5.74, 6) is 0. The highest BCUT2D eigenvalue weighted by atomic mass is 16.6. The molecule has 2 atom stereocenters. The first-order chi connectivity index (χ1) is 6.18. The number of nitrogens with zero attached hydrogens (tertiary/aromatic N) is 2. The second-order valence-electron chi connectivity index (χ2n) is 4.35. The summed E-state index contributed by atoms with van der Waals surface area (Å²) in [5, 5.41) is 4.23. The van der Waals surface area contributed by atoms with Crippen LogP contribution in [0.1, 0.15) is 33.1 Å². The van der Waals surface area contributed by atoms with Crippen LogP contribution in [0.5, 0.6) is 0 Å². The van der Waals surface area contributed by atoms with Gasteiger partial charge in [0, 0.05) is 12.5 Å². The Bertz CT molecular complexity index is 225. The van der Waals surface area contributed by atoms with Crippen molar-refractivity contribution in [3.63, 3.8) is 0 Å². The highest BCUT2D eigenvalue weighted by molar-refractivity contribution is 5.92. The molecular weight excluding hydrogens is 164 g/mol. The second kappa shape index (κ2) is 3.29. The maximum atomic E-state index is 5.29. The Morgan fingerprint density at radius 2 is 2.23 bits per heavy atom. The Balaban J connectivity index is 2.00. The van der Waals surface area contributed by atoms with Crippen LogP contribution in [0.15, 0.2) is 5.16 Å². The SMILES string of the molecule is CC(C)O/N=C1/CC2CCC1N2C. The van der Waals surface area contributed by atoms with Gasteiger partial charge in [-0.3, -0.25) is 4.90 Å². The van der Waals surface area contributed by atoms with Crippen molar-refractivity contribution < 1.29 is 4.84 Å². The van der Waals surface area contributed by atoms with Gasteiger partial charge in [0.1, 0.15) is 6.10 Å². The number of hydrogen-bond donors (Lipinski definition) is 0. The molecule has 2 unspecified atom stereocenters. The van der Waals surface area contributed by atoms with Gasteiger partial charge in [-0.2, -0.15) is 0 Å². The van der Waals surface area contributed by atoms with Crippen LogP contribution < -0.4 is 0 Å². The van der Waals surface area contributed by atoms with Crippen molar-refractivity contribution in [2.75, 3.05) is 7.05 Å². The molecule has 0 aliphatic carbocycles. The van der Waals surface area contributed by atoms with Crippen molar-refractivity contribution in [3.05, 3.63) is 0 Å². The van der Waals surface area contributed by atoms with E-state index in [1.807, 2.05) is 13.8 Å². The molecule has 0 aromatic rings. The van der Waals surface area contributed by atoms with Gasteiger partial charge < -0.3 is 4.84 Å². The fourth-order valence-corrected chi connectivity index (χ4v) is 2.31. The molecule has 2 bridgehead atoms. The third-order valence-corrected chi connectivity index (χ3v) is 3.05. The van der Waals surface area contributed by atoms with E-state index in [0.717, 1.165) is 12.5 Å². The molecule has 0 aromatic heterocycles. The molecule has 3 nitrogen and oxygen atoms in total. The Kier molecular flexibility index (Phi) is 2.28. The van der Waals surface area contributed by atoms with Gasteiger partial charge in [-0.25, -0.2) is 0 Å². The van der Waals surface area contributed by atoms with E-state index in [1.165, 1.54) is 18.6 Å². The summed E-state index contributed by atoms with van der Waals surface area (Å²) in [7, 11) is 2.19. The van der Waals surface area contributed by atoms with E-state index in [9.17, 15) is 0 Å². The predicted molar refractivity (Wildman–Crippen MR) is 52.8 cm³/mol. The summed E-state index contributed by atoms with van der Waals surface area (Å²) < 4.78 is 0. The van der Waals surface area contributed by atoms with Gasteiger partial charge in [0.05, 0.1) is 11.8 Å². The average molecular weight is 182 g/mol. The first kappa shape index (κ1) is 9.00. The van der Waals surface area contributed by atoms with Crippen molar-refractivity contribution in [1.29, 1.82) is 0 Å². The largest absolute Gasteiger partial charge is 0.393 e. The first-order valence-corrected chi connectivity index (χ1v) is 5.13. The summed E-state index contributed by atoms with van der Waals surface area (Å²) in [4.78, 5) is 7.72. The van der Waals surface area contributed by atoms with E-state index in [0.29, 0.717) is 6.04 Å². The molecule has 13 heavy (non-hydrogen) atoms. The number of oxime groups is 1. The minimum atomic E-state index is 0.205. The van der Waals surface area contributed by atoms with Crippen LogP contribution in [0.2, 0.25) is 0 Å².